The van der Waals surface area contributed by atoms with Gasteiger partial charge in [-0.1, -0.05) is 0 Å². The predicted molar refractivity (Wildman–Crippen MR) is 42.1 cm³/mol. The van der Waals surface area contributed by atoms with Crippen LogP contribution < -0.4 is 0 Å². The molecule has 0 saturated carbocycles. The highest BCUT2D eigenvalue weighted by Gasteiger charge is 2.38. The number of halogens is 3. The van der Waals surface area contributed by atoms with Crippen LogP contribution in [-0.2, 0) is 12.7 Å². The zero-order valence-corrected chi connectivity index (χ0v) is 7.30. The van der Waals surface area contributed by atoms with Crippen LogP contribution in [0.1, 0.15) is 23.0 Å². The summed E-state index contributed by atoms with van der Waals surface area (Å²) in [6, 6.07) is 0.953. The van der Waals surface area contributed by atoms with Crippen LogP contribution in [0.3, 0.4) is 0 Å². The quantitative estimate of drug-likeness (QED) is 0.807. The van der Waals surface area contributed by atoms with Gasteiger partial charge in [0, 0.05) is 12.7 Å². The largest absolute Gasteiger partial charge is 0.478 e. The summed E-state index contributed by atoms with van der Waals surface area (Å²) >= 11 is 0. The van der Waals surface area contributed by atoms with Gasteiger partial charge in [-0.3, -0.25) is 0 Å². The van der Waals surface area contributed by atoms with Crippen LogP contribution in [0.15, 0.2) is 12.3 Å². The normalized spacial score (nSPS) is 11.7. The van der Waals surface area contributed by atoms with Crippen LogP contribution in [0, 0.1) is 0 Å². The molecule has 3 nitrogen and oxygen atoms in total. The van der Waals surface area contributed by atoms with Gasteiger partial charge in [0.25, 0.3) is 0 Å². The standard InChI is InChI=1S/C8H8F3NO2/c1-2-12-4-3-5(7(13)14)6(12)8(9,10)11/h3-4H,2H2,1H3,(H,13,14). The summed E-state index contributed by atoms with van der Waals surface area (Å²) < 4.78 is 38.1. The first-order valence-electron chi connectivity index (χ1n) is 3.87. The van der Waals surface area contributed by atoms with E-state index >= 15 is 0 Å². The highest BCUT2D eigenvalue weighted by Crippen LogP contribution is 2.32. The molecule has 0 radical (unpaired) electrons. The summed E-state index contributed by atoms with van der Waals surface area (Å²) in [5.41, 5.74) is -1.81. The second-order valence-electron chi connectivity index (χ2n) is 2.67. The van der Waals surface area contributed by atoms with Gasteiger partial charge in [-0.05, 0) is 13.0 Å². The second-order valence-corrected chi connectivity index (χ2v) is 2.67. The molecule has 0 amide bonds. The van der Waals surface area contributed by atoms with Crippen molar-refractivity contribution in [2.45, 2.75) is 19.6 Å². The van der Waals surface area contributed by atoms with Gasteiger partial charge in [-0.2, -0.15) is 13.2 Å². The third kappa shape index (κ3) is 1.73. The number of carboxylic acids is 1. The van der Waals surface area contributed by atoms with Gasteiger partial charge in [0.05, 0.1) is 5.56 Å². The Morgan fingerprint density at radius 3 is 2.50 bits per heavy atom. The number of aromatic nitrogens is 1. The van der Waals surface area contributed by atoms with Crippen LogP contribution in [0.25, 0.3) is 0 Å². The minimum Gasteiger partial charge on any atom is -0.478 e. The lowest BCUT2D eigenvalue weighted by molar-refractivity contribution is -0.143. The SMILES string of the molecule is CCn1ccc(C(=O)O)c1C(F)(F)F. The zero-order chi connectivity index (χ0) is 10.9. The Balaban J connectivity index is 3.34. The fraction of sp³-hybridized carbons (Fsp3) is 0.375. The summed E-state index contributed by atoms with van der Waals surface area (Å²) in [5, 5.41) is 8.52. The van der Waals surface area contributed by atoms with Crippen LogP contribution in [0.2, 0.25) is 0 Å². The van der Waals surface area contributed by atoms with Gasteiger partial charge >= 0.3 is 12.1 Å². The first kappa shape index (κ1) is 10.6. The van der Waals surface area contributed by atoms with Gasteiger partial charge < -0.3 is 9.67 Å². The van der Waals surface area contributed by atoms with Gasteiger partial charge in [0.15, 0.2) is 0 Å². The van der Waals surface area contributed by atoms with E-state index in [1.165, 1.54) is 6.92 Å². The van der Waals surface area contributed by atoms with Crippen molar-refractivity contribution in [3.05, 3.63) is 23.5 Å². The molecule has 0 atom stereocenters. The molecule has 1 aromatic heterocycles. The molecule has 0 fully saturated rings. The molecule has 0 bridgehead atoms. The van der Waals surface area contributed by atoms with Gasteiger partial charge in [0.1, 0.15) is 5.69 Å². The van der Waals surface area contributed by atoms with E-state index in [9.17, 15) is 18.0 Å². The Kier molecular flexibility index (Phi) is 2.55. The molecule has 0 aliphatic carbocycles. The molecule has 0 unspecified atom stereocenters. The third-order valence-electron chi connectivity index (χ3n) is 1.80. The molecule has 0 saturated heterocycles. The van der Waals surface area contributed by atoms with E-state index in [4.69, 9.17) is 5.11 Å². The Morgan fingerprint density at radius 2 is 2.14 bits per heavy atom. The van der Waals surface area contributed by atoms with Crippen molar-refractivity contribution in [1.82, 2.24) is 4.57 Å². The van der Waals surface area contributed by atoms with Crippen molar-refractivity contribution >= 4 is 5.97 Å². The molecule has 6 heteroatoms. The molecule has 14 heavy (non-hydrogen) atoms. The summed E-state index contributed by atoms with van der Waals surface area (Å²) in [4.78, 5) is 10.5. The molecular weight excluding hydrogens is 199 g/mol. The fourth-order valence-electron chi connectivity index (χ4n) is 1.22. The topological polar surface area (TPSA) is 42.2 Å². The number of carbonyl (C=O) groups is 1. The number of nitrogens with zero attached hydrogens (tertiary/aromatic N) is 1. The number of aryl methyl sites for hydroxylation is 1. The van der Waals surface area contributed by atoms with Crippen molar-refractivity contribution in [2.24, 2.45) is 0 Å². The highest BCUT2D eigenvalue weighted by molar-refractivity contribution is 5.89. The number of hydrogen-bond acceptors (Lipinski definition) is 1. The highest BCUT2D eigenvalue weighted by atomic mass is 19.4. The lowest BCUT2D eigenvalue weighted by atomic mass is 10.2. The molecular formula is C8H8F3NO2. The average Bonchev–Trinajstić information content (AvgIpc) is 2.45. The van der Waals surface area contributed by atoms with E-state index in [1.54, 1.807) is 0 Å². The van der Waals surface area contributed by atoms with Gasteiger partial charge in [0.2, 0.25) is 0 Å². The van der Waals surface area contributed by atoms with Gasteiger partial charge in [-0.15, -0.1) is 0 Å². The zero-order valence-electron chi connectivity index (χ0n) is 7.30. The van der Waals surface area contributed by atoms with E-state index in [0.29, 0.717) is 0 Å². The molecule has 0 spiro atoms. The van der Waals surface area contributed by atoms with E-state index in [1.807, 2.05) is 0 Å². The summed E-state index contributed by atoms with van der Waals surface area (Å²) in [6.45, 7) is 1.60. The predicted octanol–water partition coefficient (Wildman–Crippen LogP) is 2.23. The molecule has 1 aromatic rings. The van der Waals surface area contributed by atoms with Crippen molar-refractivity contribution in [3.8, 4) is 0 Å². The van der Waals surface area contributed by atoms with E-state index < -0.39 is 23.4 Å². The molecule has 1 N–H and O–H groups in total. The molecule has 0 aliphatic heterocycles. The first-order chi connectivity index (χ1) is 6.38. The van der Waals surface area contributed by atoms with Crippen molar-refractivity contribution < 1.29 is 23.1 Å². The smallest absolute Gasteiger partial charge is 0.432 e. The number of hydrogen-bond donors (Lipinski definition) is 1. The molecule has 78 valence electrons. The van der Waals surface area contributed by atoms with E-state index in [0.717, 1.165) is 16.8 Å². The maximum atomic E-state index is 12.4. The summed E-state index contributed by atoms with van der Waals surface area (Å²) in [6.07, 6.45) is -3.51. The van der Waals surface area contributed by atoms with Crippen molar-refractivity contribution in [3.63, 3.8) is 0 Å². The molecule has 1 rings (SSSR count). The molecule has 0 aliphatic rings. The third-order valence-corrected chi connectivity index (χ3v) is 1.80. The number of aromatic carboxylic acids is 1. The Morgan fingerprint density at radius 1 is 1.57 bits per heavy atom. The van der Waals surface area contributed by atoms with Crippen LogP contribution in [0.4, 0.5) is 13.2 Å². The summed E-state index contributed by atoms with van der Waals surface area (Å²) in [7, 11) is 0. The number of rotatable bonds is 2. The summed E-state index contributed by atoms with van der Waals surface area (Å²) in [5.74, 6) is -1.57. The number of alkyl halides is 3. The van der Waals surface area contributed by atoms with Crippen LogP contribution in [0.5, 0.6) is 0 Å². The maximum absolute atomic E-state index is 12.4. The average molecular weight is 207 g/mol. The monoisotopic (exact) mass is 207 g/mol. The van der Waals surface area contributed by atoms with Crippen LogP contribution >= 0.6 is 0 Å². The Labute approximate surface area is 77.8 Å². The van der Waals surface area contributed by atoms with Crippen molar-refractivity contribution in [2.75, 3.05) is 0 Å². The number of carboxylic acid groups (broad SMARTS) is 1. The minimum absolute atomic E-state index is 0.0854. The van der Waals surface area contributed by atoms with E-state index in [2.05, 4.69) is 0 Å². The second kappa shape index (κ2) is 3.36. The lowest BCUT2D eigenvalue weighted by Crippen LogP contribution is -2.16. The van der Waals surface area contributed by atoms with E-state index in [-0.39, 0.29) is 6.54 Å². The lowest BCUT2D eigenvalue weighted by Gasteiger charge is -2.10. The maximum Gasteiger partial charge on any atom is 0.432 e. The molecule has 0 aromatic carbocycles. The van der Waals surface area contributed by atoms with Crippen LogP contribution in [-0.4, -0.2) is 15.6 Å². The first-order valence-corrected chi connectivity index (χ1v) is 3.87. The Hall–Kier alpha value is -1.46. The molecule has 1 heterocycles. The Bertz CT molecular complexity index is 354. The van der Waals surface area contributed by atoms with Crippen molar-refractivity contribution in [1.29, 1.82) is 0 Å². The minimum atomic E-state index is -4.63. The van der Waals surface area contributed by atoms with Gasteiger partial charge in [-0.25, -0.2) is 4.79 Å². The fourth-order valence-corrected chi connectivity index (χ4v) is 1.22.